The van der Waals surface area contributed by atoms with E-state index < -0.39 is 0 Å². The van der Waals surface area contributed by atoms with Crippen LogP contribution in [0.3, 0.4) is 0 Å². The number of halogens is 2. The predicted molar refractivity (Wildman–Crippen MR) is 84.6 cm³/mol. The third kappa shape index (κ3) is 11.2. The van der Waals surface area contributed by atoms with Crippen molar-refractivity contribution in [2.24, 2.45) is 5.73 Å². The standard InChI is InChI=1S/C11H18N2S2.2ClH/c12-8-4-1-2-6-10-14-15-11-7-3-5-9-13-11;;/h3,5,7,9H,1-2,4,6,8,10,12H2;2*1H. The lowest BCUT2D eigenvalue weighted by atomic mass is 10.2. The van der Waals surface area contributed by atoms with Crippen LogP contribution < -0.4 is 5.73 Å². The smallest absolute Gasteiger partial charge is 0.106 e. The highest BCUT2D eigenvalue weighted by atomic mass is 35.5. The second-order valence-electron chi connectivity index (χ2n) is 3.28. The van der Waals surface area contributed by atoms with Gasteiger partial charge in [-0.25, -0.2) is 4.98 Å². The Kier molecular flexibility index (Phi) is 16.8. The molecule has 0 unspecified atom stereocenters. The molecule has 1 rings (SSSR count). The molecule has 100 valence electrons. The molecule has 2 nitrogen and oxygen atoms in total. The molecule has 0 aliphatic carbocycles. The predicted octanol–water partition coefficient (Wildman–Crippen LogP) is 4.18. The Labute approximate surface area is 124 Å². The Balaban J connectivity index is 0. The Hall–Kier alpha value is 0.390. The Bertz CT molecular complexity index is 250. The summed E-state index contributed by atoms with van der Waals surface area (Å²) < 4.78 is 0. The molecule has 0 aliphatic rings. The third-order valence-corrected chi connectivity index (χ3v) is 4.32. The molecular formula is C11H20Cl2N2S2. The molecule has 0 fully saturated rings. The van der Waals surface area contributed by atoms with Crippen LogP contribution in [-0.2, 0) is 0 Å². The van der Waals surface area contributed by atoms with Crippen molar-refractivity contribution in [3.05, 3.63) is 24.4 Å². The number of rotatable bonds is 8. The first-order valence-electron chi connectivity index (χ1n) is 5.34. The highest BCUT2D eigenvalue weighted by Gasteiger charge is 1.94. The zero-order valence-corrected chi connectivity index (χ0v) is 13.0. The van der Waals surface area contributed by atoms with E-state index in [-0.39, 0.29) is 24.8 Å². The fraction of sp³-hybridized carbons (Fsp3) is 0.545. The van der Waals surface area contributed by atoms with Crippen molar-refractivity contribution >= 4 is 46.4 Å². The van der Waals surface area contributed by atoms with Crippen LogP contribution >= 0.6 is 46.4 Å². The summed E-state index contributed by atoms with van der Waals surface area (Å²) in [7, 11) is 3.65. The first-order valence-corrected chi connectivity index (χ1v) is 7.66. The van der Waals surface area contributed by atoms with Crippen molar-refractivity contribution in [1.82, 2.24) is 4.98 Å². The van der Waals surface area contributed by atoms with Crippen LogP contribution in [0.25, 0.3) is 0 Å². The van der Waals surface area contributed by atoms with Gasteiger partial charge >= 0.3 is 0 Å². The van der Waals surface area contributed by atoms with Crippen LogP contribution in [0.4, 0.5) is 0 Å². The lowest BCUT2D eigenvalue weighted by molar-refractivity contribution is 0.678. The fourth-order valence-electron chi connectivity index (χ4n) is 1.16. The summed E-state index contributed by atoms with van der Waals surface area (Å²) in [4.78, 5) is 4.25. The van der Waals surface area contributed by atoms with Gasteiger partial charge in [0.15, 0.2) is 0 Å². The molecule has 6 heteroatoms. The minimum atomic E-state index is 0. The number of nitrogens with two attached hydrogens (primary N) is 1. The molecule has 0 aliphatic heterocycles. The lowest BCUT2D eigenvalue weighted by Crippen LogP contribution is -1.97. The number of nitrogens with zero attached hydrogens (tertiary/aromatic N) is 1. The lowest BCUT2D eigenvalue weighted by Gasteiger charge is -2.00. The summed E-state index contributed by atoms with van der Waals surface area (Å²) in [6.45, 7) is 0.829. The normalized spacial score (nSPS) is 9.24. The van der Waals surface area contributed by atoms with Crippen LogP contribution in [0.1, 0.15) is 25.7 Å². The summed E-state index contributed by atoms with van der Waals surface area (Å²) in [6.07, 6.45) is 6.85. The first kappa shape index (κ1) is 19.7. The summed E-state index contributed by atoms with van der Waals surface area (Å²) in [6, 6.07) is 6.02. The molecule has 0 saturated carbocycles. The van der Waals surface area contributed by atoms with Crippen molar-refractivity contribution in [3.8, 4) is 0 Å². The van der Waals surface area contributed by atoms with Crippen LogP contribution in [0.2, 0.25) is 0 Å². The van der Waals surface area contributed by atoms with Crippen molar-refractivity contribution < 1.29 is 0 Å². The quantitative estimate of drug-likeness (QED) is 0.577. The summed E-state index contributed by atoms with van der Waals surface area (Å²) in [5.41, 5.74) is 5.43. The van der Waals surface area contributed by atoms with Crippen LogP contribution in [0.15, 0.2) is 29.4 Å². The molecule has 1 aromatic rings. The van der Waals surface area contributed by atoms with Crippen molar-refractivity contribution in [2.75, 3.05) is 12.3 Å². The minimum Gasteiger partial charge on any atom is -0.330 e. The van der Waals surface area contributed by atoms with E-state index in [2.05, 4.69) is 4.98 Å². The molecule has 1 heterocycles. The van der Waals surface area contributed by atoms with Gasteiger partial charge in [0.2, 0.25) is 0 Å². The average Bonchev–Trinajstić information content (AvgIpc) is 2.29. The van der Waals surface area contributed by atoms with Gasteiger partial charge < -0.3 is 5.73 Å². The second-order valence-corrected chi connectivity index (χ2v) is 5.71. The maximum atomic E-state index is 5.43. The van der Waals surface area contributed by atoms with E-state index in [0.717, 1.165) is 18.0 Å². The van der Waals surface area contributed by atoms with E-state index in [1.807, 2.05) is 35.2 Å². The monoisotopic (exact) mass is 314 g/mol. The molecule has 2 N–H and O–H groups in total. The van der Waals surface area contributed by atoms with Gasteiger partial charge in [0.05, 0.1) is 0 Å². The molecule has 0 spiro atoms. The van der Waals surface area contributed by atoms with E-state index >= 15 is 0 Å². The topological polar surface area (TPSA) is 38.9 Å². The number of unbranched alkanes of at least 4 members (excludes halogenated alkanes) is 3. The highest BCUT2D eigenvalue weighted by molar-refractivity contribution is 8.76. The molecular weight excluding hydrogens is 295 g/mol. The molecule has 0 bridgehead atoms. The SMILES string of the molecule is Cl.Cl.NCCCCCCSSc1ccccn1. The minimum absolute atomic E-state index is 0. The van der Waals surface area contributed by atoms with Crippen LogP contribution in [0, 0.1) is 0 Å². The molecule has 0 aromatic carbocycles. The number of aromatic nitrogens is 1. The van der Waals surface area contributed by atoms with Crippen LogP contribution in [-0.4, -0.2) is 17.3 Å². The van der Waals surface area contributed by atoms with Crippen molar-refractivity contribution in [2.45, 2.75) is 30.7 Å². The van der Waals surface area contributed by atoms with Gasteiger partial charge in [0, 0.05) is 11.9 Å². The van der Waals surface area contributed by atoms with E-state index in [0.29, 0.717) is 0 Å². The van der Waals surface area contributed by atoms with Crippen molar-refractivity contribution in [1.29, 1.82) is 0 Å². The molecule has 0 amide bonds. The maximum Gasteiger partial charge on any atom is 0.106 e. The molecule has 0 saturated heterocycles. The molecule has 0 atom stereocenters. The Morgan fingerprint density at radius 1 is 1.06 bits per heavy atom. The summed E-state index contributed by atoms with van der Waals surface area (Å²) >= 11 is 0. The fourth-order valence-corrected chi connectivity index (χ4v) is 3.18. The van der Waals surface area contributed by atoms with Crippen LogP contribution in [0.5, 0.6) is 0 Å². The zero-order chi connectivity index (χ0) is 10.8. The van der Waals surface area contributed by atoms with E-state index in [9.17, 15) is 0 Å². The van der Waals surface area contributed by atoms with Gasteiger partial charge in [-0.1, -0.05) is 29.7 Å². The van der Waals surface area contributed by atoms with Gasteiger partial charge in [-0.2, -0.15) is 0 Å². The second kappa shape index (κ2) is 14.5. The highest BCUT2D eigenvalue weighted by Crippen LogP contribution is 2.29. The molecule has 1 aromatic heterocycles. The van der Waals surface area contributed by atoms with Gasteiger partial charge in [0.1, 0.15) is 5.03 Å². The van der Waals surface area contributed by atoms with Gasteiger partial charge in [-0.15, -0.1) is 24.8 Å². The van der Waals surface area contributed by atoms with Crippen molar-refractivity contribution in [3.63, 3.8) is 0 Å². The number of hydrogen-bond donors (Lipinski definition) is 1. The summed E-state index contributed by atoms with van der Waals surface area (Å²) in [5.74, 6) is 1.20. The first-order chi connectivity index (χ1) is 7.43. The average molecular weight is 315 g/mol. The Morgan fingerprint density at radius 3 is 2.47 bits per heavy atom. The number of pyridine rings is 1. The van der Waals surface area contributed by atoms with Gasteiger partial charge in [0.25, 0.3) is 0 Å². The Morgan fingerprint density at radius 2 is 1.82 bits per heavy atom. The molecule has 17 heavy (non-hydrogen) atoms. The van der Waals surface area contributed by atoms with Gasteiger partial charge in [-0.3, -0.25) is 0 Å². The van der Waals surface area contributed by atoms with E-state index in [1.165, 1.54) is 25.0 Å². The van der Waals surface area contributed by atoms with E-state index in [1.54, 1.807) is 10.8 Å². The number of hydrogen-bond acceptors (Lipinski definition) is 4. The van der Waals surface area contributed by atoms with Gasteiger partial charge in [-0.05, 0) is 42.3 Å². The molecule has 0 radical (unpaired) electrons. The van der Waals surface area contributed by atoms with E-state index in [4.69, 9.17) is 5.73 Å². The third-order valence-electron chi connectivity index (χ3n) is 1.96. The maximum absolute atomic E-state index is 5.43. The largest absolute Gasteiger partial charge is 0.330 e. The summed E-state index contributed by atoms with van der Waals surface area (Å²) in [5, 5.41) is 1.10. The zero-order valence-electron chi connectivity index (χ0n) is 9.71.